The normalized spacial score (nSPS) is 19.7. The number of fused-ring (bicyclic) bond motifs is 1. The SMILES string of the molecule is CCNC(c1cccs1)C1CCc2cccnc21. The van der Waals surface area contributed by atoms with Gasteiger partial charge in [-0.25, -0.2) is 0 Å². The third-order valence-electron chi connectivity index (χ3n) is 3.68. The van der Waals surface area contributed by atoms with Crippen LogP contribution in [0.4, 0.5) is 0 Å². The summed E-state index contributed by atoms with van der Waals surface area (Å²) in [6.45, 7) is 3.18. The molecule has 18 heavy (non-hydrogen) atoms. The minimum atomic E-state index is 0.422. The molecule has 1 aliphatic rings. The fraction of sp³-hybridized carbons (Fsp3) is 0.400. The Labute approximate surface area is 112 Å². The Bertz CT molecular complexity index is 505. The summed E-state index contributed by atoms with van der Waals surface area (Å²) >= 11 is 1.84. The average Bonchev–Trinajstić information content (AvgIpc) is 3.06. The summed E-state index contributed by atoms with van der Waals surface area (Å²) in [6.07, 6.45) is 4.30. The van der Waals surface area contributed by atoms with Crippen LogP contribution in [0.15, 0.2) is 35.8 Å². The summed E-state index contributed by atoms with van der Waals surface area (Å²) < 4.78 is 0. The van der Waals surface area contributed by atoms with Gasteiger partial charge in [-0.1, -0.05) is 19.1 Å². The molecule has 0 aliphatic heterocycles. The fourth-order valence-corrected chi connectivity index (χ4v) is 3.76. The molecule has 1 N–H and O–H groups in total. The molecule has 94 valence electrons. The van der Waals surface area contributed by atoms with Gasteiger partial charge in [-0.3, -0.25) is 4.98 Å². The molecule has 0 saturated heterocycles. The van der Waals surface area contributed by atoms with Gasteiger partial charge in [0.05, 0.1) is 0 Å². The number of likely N-dealkylation sites (N-methyl/N-ethyl adjacent to an activating group) is 1. The number of thiophene rings is 1. The number of aryl methyl sites for hydroxylation is 1. The van der Waals surface area contributed by atoms with Crippen molar-refractivity contribution < 1.29 is 0 Å². The lowest BCUT2D eigenvalue weighted by atomic mass is 9.95. The summed E-state index contributed by atoms with van der Waals surface area (Å²) in [6, 6.07) is 9.07. The molecule has 2 aromatic rings. The Morgan fingerprint density at radius 2 is 2.39 bits per heavy atom. The van der Waals surface area contributed by atoms with Crippen molar-refractivity contribution in [1.82, 2.24) is 10.3 Å². The molecule has 0 radical (unpaired) electrons. The van der Waals surface area contributed by atoms with E-state index in [1.807, 2.05) is 17.5 Å². The Hall–Kier alpha value is -1.19. The van der Waals surface area contributed by atoms with E-state index in [0.29, 0.717) is 12.0 Å². The highest BCUT2D eigenvalue weighted by atomic mass is 32.1. The first-order valence-corrected chi connectivity index (χ1v) is 7.48. The van der Waals surface area contributed by atoms with Crippen molar-refractivity contribution in [1.29, 1.82) is 0 Å². The van der Waals surface area contributed by atoms with Crippen LogP contribution in [-0.2, 0) is 6.42 Å². The smallest absolute Gasteiger partial charge is 0.0499 e. The minimum absolute atomic E-state index is 0.422. The number of hydrogen-bond acceptors (Lipinski definition) is 3. The van der Waals surface area contributed by atoms with Gasteiger partial charge in [-0.2, -0.15) is 0 Å². The van der Waals surface area contributed by atoms with Gasteiger partial charge >= 0.3 is 0 Å². The zero-order chi connectivity index (χ0) is 12.4. The molecular weight excluding hydrogens is 240 g/mol. The Morgan fingerprint density at radius 1 is 1.44 bits per heavy atom. The highest BCUT2D eigenvalue weighted by molar-refractivity contribution is 7.10. The lowest BCUT2D eigenvalue weighted by molar-refractivity contribution is 0.453. The number of aromatic nitrogens is 1. The molecule has 2 unspecified atom stereocenters. The van der Waals surface area contributed by atoms with Gasteiger partial charge in [-0.05, 0) is 42.5 Å². The number of nitrogens with zero attached hydrogens (tertiary/aromatic N) is 1. The van der Waals surface area contributed by atoms with Crippen molar-refractivity contribution in [3.63, 3.8) is 0 Å². The molecule has 0 spiro atoms. The van der Waals surface area contributed by atoms with Crippen LogP contribution in [0.2, 0.25) is 0 Å². The van der Waals surface area contributed by atoms with Gasteiger partial charge in [0.15, 0.2) is 0 Å². The number of nitrogens with one attached hydrogen (secondary N) is 1. The molecule has 0 aromatic carbocycles. The van der Waals surface area contributed by atoms with E-state index in [4.69, 9.17) is 0 Å². The van der Waals surface area contributed by atoms with Crippen LogP contribution in [0.25, 0.3) is 0 Å². The third-order valence-corrected chi connectivity index (χ3v) is 4.63. The van der Waals surface area contributed by atoms with Gasteiger partial charge in [0.25, 0.3) is 0 Å². The Morgan fingerprint density at radius 3 is 3.17 bits per heavy atom. The fourth-order valence-electron chi connectivity index (χ4n) is 2.90. The van der Waals surface area contributed by atoms with Crippen LogP contribution in [0.3, 0.4) is 0 Å². The van der Waals surface area contributed by atoms with Gasteiger partial charge in [0, 0.05) is 28.7 Å². The first kappa shape index (κ1) is 11.9. The van der Waals surface area contributed by atoms with E-state index in [1.54, 1.807) is 0 Å². The molecule has 2 atom stereocenters. The summed E-state index contributed by atoms with van der Waals surface area (Å²) in [4.78, 5) is 6.05. The van der Waals surface area contributed by atoms with Crippen LogP contribution in [0.1, 0.15) is 41.4 Å². The maximum atomic E-state index is 4.62. The van der Waals surface area contributed by atoms with Gasteiger partial charge in [0.1, 0.15) is 0 Å². The maximum Gasteiger partial charge on any atom is 0.0499 e. The second kappa shape index (κ2) is 5.21. The molecule has 1 aliphatic carbocycles. The molecule has 2 nitrogen and oxygen atoms in total. The average molecular weight is 258 g/mol. The summed E-state index contributed by atoms with van der Waals surface area (Å²) in [5.41, 5.74) is 2.74. The van der Waals surface area contributed by atoms with Crippen molar-refractivity contribution in [2.24, 2.45) is 0 Å². The van der Waals surface area contributed by atoms with Gasteiger partial charge in [0.2, 0.25) is 0 Å². The summed E-state index contributed by atoms with van der Waals surface area (Å²) in [7, 11) is 0. The molecule has 3 rings (SSSR count). The molecule has 2 heterocycles. The first-order valence-electron chi connectivity index (χ1n) is 6.60. The van der Waals surface area contributed by atoms with E-state index >= 15 is 0 Å². The van der Waals surface area contributed by atoms with Gasteiger partial charge in [-0.15, -0.1) is 11.3 Å². The van der Waals surface area contributed by atoms with Crippen LogP contribution in [-0.4, -0.2) is 11.5 Å². The molecular formula is C15H18N2S. The monoisotopic (exact) mass is 258 g/mol. The van der Waals surface area contributed by atoms with Crippen LogP contribution in [0.5, 0.6) is 0 Å². The lowest BCUT2D eigenvalue weighted by Gasteiger charge is -2.23. The minimum Gasteiger partial charge on any atom is -0.309 e. The Kier molecular flexibility index (Phi) is 3.43. The third kappa shape index (κ3) is 2.08. The molecule has 0 fully saturated rings. The zero-order valence-electron chi connectivity index (χ0n) is 10.6. The van der Waals surface area contributed by atoms with E-state index in [2.05, 4.69) is 46.9 Å². The standard InChI is InChI=1S/C15H18N2S/c1-2-16-15(13-6-4-10-18-13)12-8-7-11-5-3-9-17-14(11)12/h3-6,9-10,12,15-16H,2,7-8H2,1H3. The van der Waals surface area contributed by atoms with Crippen LogP contribution in [0, 0.1) is 0 Å². The highest BCUT2D eigenvalue weighted by Gasteiger charge is 2.31. The van der Waals surface area contributed by atoms with Crippen LogP contribution < -0.4 is 5.32 Å². The molecule has 0 amide bonds. The molecule has 0 bridgehead atoms. The number of pyridine rings is 1. The maximum absolute atomic E-state index is 4.62. The number of hydrogen-bond donors (Lipinski definition) is 1. The quantitative estimate of drug-likeness (QED) is 0.907. The van der Waals surface area contributed by atoms with Crippen molar-refractivity contribution in [3.05, 3.63) is 52.0 Å². The predicted octanol–water partition coefficient (Wildman–Crippen LogP) is 3.52. The van der Waals surface area contributed by atoms with E-state index in [9.17, 15) is 0 Å². The van der Waals surface area contributed by atoms with E-state index in [1.165, 1.54) is 29.0 Å². The Balaban J connectivity index is 1.93. The highest BCUT2D eigenvalue weighted by Crippen LogP contribution is 2.41. The summed E-state index contributed by atoms with van der Waals surface area (Å²) in [5, 5.41) is 5.80. The van der Waals surface area contributed by atoms with Crippen molar-refractivity contribution in [2.75, 3.05) is 6.54 Å². The second-order valence-electron chi connectivity index (χ2n) is 4.74. The zero-order valence-corrected chi connectivity index (χ0v) is 11.4. The van der Waals surface area contributed by atoms with Crippen molar-refractivity contribution in [3.8, 4) is 0 Å². The molecule has 2 aromatic heterocycles. The first-order chi connectivity index (χ1) is 8.90. The van der Waals surface area contributed by atoms with Crippen LogP contribution >= 0.6 is 11.3 Å². The van der Waals surface area contributed by atoms with E-state index < -0.39 is 0 Å². The second-order valence-corrected chi connectivity index (χ2v) is 5.72. The van der Waals surface area contributed by atoms with Crippen molar-refractivity contribution in [2.45, 2.75) is 31.7 Å². The van der Waals surface area contributed by atoms with Gasteiger partial charge < -0.3 is 5.32 Å². The van der Waals surface area contributed by atoms with E-state index in [0.717, 1.165) is 6.54 Å². The number of rotatable bonds is 4. The molecule has 3 heteroatoms. The topological polar surface area (TPSA) is 24.9 Å². The lowest BCUT2D eigenvalue weighted by Crippen LogP contribution is -2.25. The molecule has 0 saturated carbocycles. The predicted molar refractivity (Wildman–Crippen MR) is 76.0 cm³/mol. The van der Waals surface area contributed by atoms with E-state index in [-0.39, 0.29) is 0 Å². The van der Waals surface area contributed by atoms with Crippen molar-refractivity contribution >= 4 is 11.3 Å². The largest absolute Gasteiger partial charge is 0.309 e. The summed E-state index contributed by atoms with van der Waals surface area (Å²) in [5.74, 6) is 0.528.